The highest BCUT2D eigenvalue weighted by Gasteiger charge is 2.42. The summed E-state index contributed by atoms with van der Waals surface area (Å²) in [5, 5.41) is 10.8. The zero-order valence-electron chi connectivity index (χ0n) is 16.0. The van der Waals surface area contributed by atoms with Crippen molar-refractivity contribution >= 4 is 5.78 Å². The number of ketones is 1. The summed E-state index contributed by atoms with van der Waals surface area (Å²) in [7, 11) is 3.05. The van der Waals surface area contributed by atoms with E-state index in [0.717, 1.165) is 11.1 Å². The molecule has 2 aliphatic heterocycles. The van der Waals surface area contributed by atoms with Gasteiger partial charge in [0.15, 0.2) is 12.2 Å². The molecule has 1 N–H and O–H groups in total. The van der Waals surface area contributed by atoms with Crippen molar-refractivity contribution < 1.29 is 28.8 Å². The first-order chi connectivity index (χ1) is 13.4. The van der Waals surface area contributed by atoms with Gasteiger partial charge in [-0.3, -0.25) is 4.79 Å². The van der Waals surface area contributed by atoms with Crippen molar-refractivity contribution in [3.05, 3.63) is 59.2 Å². The van der Waals surface area contributed by atoms with Gasteiger partial charge in [0, 0.05) is 25.2 Å². The fraction of sp³-hybridized carbons (Fsp3) is 0.318. The maximum absolute atomic E-state index is 13.1. The second kappa shape index (κ2) is 6.87. The molecule has 2 aliphatic rings. The van der Waals surface area contributed by atoms with Crippen molar-refractivity contribution in [1.29, 1.82) is 0 Å². The van der Waals surface area contributed by atoms with Crippen LogP contribution in [-0.2, 0) is 11.2 Å². The molecule has 2 aromatic carbocycles. The molecule has 6 heteroatoms. The van der Waals surface area contributed by atoms with Gasteiger partial charge in [-0.25, -0.2) is 0 Å². The van der Waals surface area contributed by atoms with Crippen LogP contribution in [0.25, 0.3) is 0 Å². The van der Waals surface area contributed by atoms with Crippen molar-refractivity contribution in [2.45, 2.75) is 31.7 Å². The number of carbonyl (C=O) groups is 1. The van der Waals surface area contributed by atoms with Gasteiger partial charge in [0.25, 0.3) is 0 Å². The number of Topliss-reactive ketones (excluding diaryl/α,β-unsaturated/α-hetero) is 1. The molecule has 4 rings (SSSR count). The third kappa shape index (κ3) is 2.81. The van der Waals surface area contributed by atoms with Crippen LogP contribution in [-0.4, -0.2) is 37.3 Å². The van der Waals surface area contributed by atoms with Crippen molar-refractivity contribution in [2.24, 2.45) is 0 Å². The zero-order valence-corrected chi connectivity index (χ0v) is 16.0. The van der Waals surface area contributed by atoms with Crippen LogP contribution < -0.4 is 14.2 Å². The molecule has 0 aliphatic carbocycles. The monoisotopic (exact) mass is 382 g/mol. The largest absolute Gasteiger partial charge is 0.507 e. The number of methoxy groups -OCH3 is 2. The molecule has 6 nitrogen and oxygen atoms in total. The van der Waals surface area contributed by atoms with Crippen molar-refractivity contribution in [3.63, 3.8) is 0 Å². The molecular formula is C22H22O6. The minimum Gasteiger partial charge on any atom is -0.507 e. The lowest BCUT2D eigenvalue weighted by atomic mass is 9.90. The number of phenolic OH excluding ortho intramolecular Hbond substituents is 1. The van der Waals surface area contributed by atoms with E-state index in [1.165, 1.54) is 7.11 Å². The summed E-state index contributed by atoms with van der Waals surface area (Å²) in [5.74, 6) is 1.09. The second-order valence-electron chi connectivity index (χ2n) is 7.06. The normalized spacial score (nSPS) is 22.7. The number of aromatic hydroxyl groups is 1. The summed E-state index contributed by atoms with van der Waals surface area (Å²) in [6.07, 6.45) is -1.28. The van der Waals surface area contributed by atoms with Gasteiger partial charge >= 0.3 is 0 Å². The van der Waals surface area contributed by atoms with Gasteiger partial charge < -0.3 is 24.1 Å². The Bertz CT molecular complexity index is 946. The molecule has 0 spiro atoms. The van der Waals surface area contributed by atoms with Crippen molar-refractivity contribution in [2.75, 3.05) is 14.2 Å². The molecular weight excluding hydrogens is 360 g/mol. The quantitative estimate of drug-likeness (QED) is 0.815. The molecule has 28 heavy (non-hydrogen) atoms. The van der Waals surface area contributed by atoms with Gasteiger partial charge in [-0.1, -0.05) is 18.7 Å². The van der Waals surface area contributed by atoms with Gasteiger partial charge in [-0.05, 0) is 30.2 Å². The number of hydrogen-bond donors (Lipinski definition) is 1. The van der Waals surface area contributed by atoms with E-state index in [0.29, 0.717) is 23.5 Å². The number of rotatable bonds is 4. The van der Waals surface area contributed by atoms with E-state index in [1.54, 1.807) is 25.3 Å². The molecule has 0 saturated heterocycles. The number of carbonyl (C=O) groups excluding carboxylic acids is 1. The number of phenols is 1. The average Bonchev–Trinajstić information content (AvgIpc) is 3.12. The molecule has 0 fully saturated rings. The Labute approximate surface area is 163 Å². The minimum atomic E-state index is -0.871. The lowest BCUT2D eigenvalue weighted by molar-refractivity contribution is -0.00109. The first-order valence-electron chi connectivity index (χ1n) is 9.03. The molecule has 0 amide bonds. The molecule has 2 aromatic rings. The van der Waals surface area contributed by atoms with E-state index in [2.05, 4.69) is 6.58 Å². The predicted molar refractivity (Wildman–Crippen MR) is 103 cm³/mol. The van der Waals surface area contributed by atoms with E-state index in [-0.39, 0.29) is 28.9 Å². The maximum Gasteiger partial charge on any atom is 0.203 e. The molecule has 0 saturated carbocycles. The maximum atomic E-state index is 13.1. The van der Waals surface area contributed by atoms with Crippen LogP contribution in [0.1, 0.15) is 34.5 Å². The fourth-order valence-electron chi connectivity index (χ4n) is 3.70. The third-order valence-electron chi connectivity index (χ3n) is 5.27. The molecule has 0 bridgehead atoms. The molecule has 0 radical (unpaired) electrons. The summed E-state index contributed by atoms with van der Waals surface area (Å²) < 4.78 is 22.6. The highest BCUT2D eigenvalue weighted by molar-refractivity contribution is 6.06. The standard InChI is InChI=1S/C22H22O6/c1-11(2)15-9-14-16(27-15)10-17-18(19(14)23)20(24)22(26-4)21(28-17)12-5-7-13(25-3)8-6-12/h5-8,10,15,21-23H,1,9H2,2-4H3. The molecule has 2 heterocycles. The summed E-state index contributed by atoms with van der Waals surface area (Å²) >= 11 is 0. The SMILES string of the molecule is C=C(C)C1Cc2c(cc3c(c2O)C(=O)C(OC)C(c2ccc(OC)cc2)O3)O1. The fourth-order valence-corrected chi connectivity index (χ4v) is 3.70. The topological polar surface area (TPSA) is 74.2 Å². The van der Waals surface area contributed by atoms with Crippen LogP contribution in [0.2, 0.25) is 0 Å². The van der Waals surface area contributed by atoms with Crippen molar-refractivity contribution in [3.8, 4) is 23.0 Å². The molecule has 3 unspecified atom stereocenters. The second-order valence-corrected chi connectivity index (χ2v) is 7.06. The minimum absolute atomic E-state index is 0.100. The number of hydrogen-bond acceptors (Lipinski definition) is 6. The first kappa shape index (κ1) is 18.4. The Hall–Kier alpha value is -2.99. The number of ether oxygens (including phenoxy) is 4. The molecule has 3 atom stereocenters. The van der Waals surface area contributed by atoms with Crippen LogP contribution in [0.5, 0.6) is 23.0 Å². The van der Waals surface area contributed by atoms with Gasteiger partial charge in [0.1, 0.15) is 34.7 Å². The Morgan fingerprint density at radius 1 is 1.18 bits per heavy atom. The van der Waals surface area contributed by atoms with E-state index in [1.807, 2.05) is 19.1 Å². The molecule has 0 aromatic heterocycles. The van der Waals surface area contributed by atoms with Crippen LogP contribution in [0, 0.1) is 0 Å². The van der Waals surface area contributed by atoms with Crippen molar-refractivity contribution in [1.82, 2.24) is 0 Å². The van der Waals surface area contributed by atoms with Crippen LogP contribution in [0.15, 0.2) is 42.5 Å². The Morgan fingerprint density at radius 3 is 2.50 bits per heavy atom. The lowest BCUT2D eigenvalue weighted by Gasteiger charge is -2.32. The van der Waals surface area contributed by atoms with E-state index >= 15 is 0 Å². The smallest absolute Gasteiger partial charge is 0.203 e. The summed E-state index contributed by atoms with van der Waals surface area (Å²) in [6.45, 7) is 5.79. The zero-order chi connectivity index (χ0) is 20.0. The highest BCUT2D eigenvalue weighted by Crippen LogP contribution is 2.48. The Kier molecular flexibility index (Phi) is 4.51. The van der Waals surface area contributed by atoms with E-state index in [9.17, 15) is 9.90 Å². The lowest BCUT2D eigenvalue weighted by Crippen LogP contribution is -2.37. The third-order valence-corrected chi connectivity index (χ3v) is 5.27. The number of benzene rings is 2. The highest BCUT2D eigenvalue weighted by atomic mass is 16.5. The van der Waals surface area contributed by atoms with Gasteiger partial charge in [-0.2, -0.15) is 0 Å². The summed E-state index contributed by atoms with van der Waals surface area (Å²) in [6, 6.07) is 8.93. The predicted octanol–water partition coefficient (Wildman–Crippen LogP) is 3.61. The van der Waals surface area contributed by atoms with Crippen LogP contribution >= 0.6 is 0 Å². The van der Waals surface area contributed by atoms with Crippen LogP contribution in [0.4, 0.5) is 0 Å². The van der Waals surface area contributed by atoms with Crippen LogP contribution in [0.3, 0.4) is 0 Å². The van der Waals surface area contributed by atoms with Gasteiger partial charge in [-0.15, -0.1) is 0 Å². The number of fused-ring (bicyclic) bond motifs is 2. The Morgan fingerprint density at radius 2 is 1.89 bits per heavy atom. The molecule has 146 valence electrons. The summed E-state index contributed by atoms with van der Waals surface area (Å²) in [4.78, 5) is 13.1. The van der Waals surface area contributed by atoms with E-state index < -0.39 is 12.2 Å². The summed E-state index contributed by atoms with van der Waals surface area (Å²) in [5.41, 5.74) is 2.36. The Balaban J connectivity index is 1.76. The van der Waals surface area contributed by atoms with Gasteiger partial charge in [0.05, 0.1) is 7.11 Å². The average molecular weight is 382 g/mol. The van der Waals surface area contributed by atoms with Gasteiger partial charge in [0.2, 0.25) is 5.78 Å². The first-order valence-corrected chi connectivity index (χ1v) is 9.03. The van der Waals surface area contributed by atoms with E-state index in [4.69, 9.17) is 18.9 Å².